The van der Waals surface area contributed by atoms with E-state index in [4.69, 9.17) is 0 Å². The van der Waals surface area contributed by atoms with E-state index in [0.717, 1.165) is 22.4 Å². The first-order valence-corrected chi connectivity index (χ1v) is 7.18. The molecule has 0 saturated heterocycles. The first-order chi connectivity index (χ1) is 8.70. The van der Waals surface area contributed by atoms with E-state index in [2.05, 4.69) is 57.9 Å². The maximum atomic E-state index is 4.45. The molecule has 0 amide bonds. The lowest BCUT2D eigenvalue weighted by molar-refractivity contribution is 0.569. The fourth-order valence-electron chi connectivity index (χ4n) is 1.69. The Morgan fingerprint density at radius 3 is 2.78 bits per heavy atom. The molecule has 0 aliphatic rings. The zero-order valence-corrected chi connectivity index (χ0v) is 12.8. The van der Waals surface area contributed by atoms with Crippen LogP contribution in [0.3, 0.4) is 0 Å². The van der Waals surface area contributed by atoms with Gasteiger partial charge in [0.25, 0.3) is 0 Å². The fourth-order valence-corrected chi connectivity index (χ4v) is 2.08. The normalized spacial score (nSPS) is 12.6. The van der Waals surface area contributed by atoms with Crippen molar-refractivity contribution in [3.05, 3.63) is 39.9 Å². The minimum absolute atomic E-state index is 0.337. The third-order valence-electron chi connectivity index (χ3n) is 2.76. The molecule has 0 radical (unpaired) electrons. The van der Waals surface area contributed by atoms with E-state index >= 15 is 0 Å². The molecule has 1 N–H and O–H groups in total. The van der Waals surface area contributed by atoms with Gasteiger partial charge in [-0.15, -0.1) is 0 Å². The van der Waals surface area contributed by atoms with Crippen LogP contribution in [0, 0.1) is 3.57 Å². The molecular formula is C13H17IN4. The molecule has 0 bridgehead atoms. The fraction of sp³-hybridized carbons (Fsp3) is 0.385. The minimum Gasteiger partial charge on any atom is -0.310 e. The van der Waals surface area contributed by atoms with Crippen LogP contribution in [0.15, 0.2) is 30.7 Å². The van der Waals surface area contributed by atoms with Crippen molar-refractivity contribution in [3.8, 4) is 5.82 Å². The predicted octanol–water partition coefficient (Wildman–Crippen LogP) is 2.93. The lowest BCUT2D eigenvalue weighted by Gasteiger charge is -2.13. The number of pyridine rings is 1. The van der Waals surface area contributed by atoms with E-state index in [-0.39, 0.29) is 0 Å². The van der Waals surface area contributed by atoms with Crippen LogP contribution in [0.25, 0.3) is 5.82 Å². The van der Waals surface area contributed by atoms with Gasteiger partial charge in [0.2, 0.25) is 0 Å². The van der Waals surface area contributed by atoms with Crippen molar-refractivity contribution in [1.29, 1.82) is 0 Å². The number of rotatable bonds is 5. The van der Waals surface area contributed by atoms with Crippen LogP contribution in [0.5, 0.6) is 0 Å². The van der Waals surface area contributed by atoms with Crippen LogP contribution < -0.4 is 5.32 Å². The van der Waals surface area contributed by atoms with Gasteiger partial charge in [-0.3, -0.25) is 0 Å². The van der Waals surface area contributed by atoms with Crippen molar-refractivity contribution in [2.75, 3.05) is 6.54 Å². The molecule has 2 aromatic rings. The highest BCUT2D eigenvalue weighted by Gasteiger charge is 2.05. The second-order valence-corrected chi connectivity index (χ2v) is 5.47. The van der Waals surface area contributed by atoms with Crippen molar-refractivity contribution in [3.63, 3.8) is 0 Å². The predicted molar refractivity (Wildman–Crippen MR) is 80.8 cm³/mol. The number of aromatic nitrogens is 3. The highest BCUT2D eigenvalue weighted by molar-refractivity contribution is 14.1. The van der Waals surface area contributed by atoms with Gasteiger partial charge < -0.3 is 5.32 Å². The summed E-state index contributed by atoms with van der Waals surface area (Å²) in [6, 6.07) is 4.44. The maximum absolute atomic E-state index is 4.45. The summed E-state index contributed by atoms with van der Waals surface area (Å²) in [7, 11) is 0. The molecule has 0 aromatic carbocycles. The van der Waals surface area contributed by atoms with Crippen molar-refractivity contribution in [2.24, 2.45) is 0 Å². The summed E-state index contributed by atoms with van der Waals surface area (Å²) in [5, 5.41) is 7.69. The molecule has 0 saturated carbocycles. The van der Waals surface area contributed by atoms with Crippen molar-refractivity contribution >= 4 is 22.6 Å². The summed E-state index contributed by atoms with van der Waals surface area (Å²) < 4.78 is 2.90. The zero-order valence-electron chi connectivity index (χ0n) is 10.6. The Kier molecular flexibility index (Phi) is 4.71. The van der Waals surface area contributed by atoms with Crippen LogP contribution >= 0.6 is 22.6 Å². The van der Waals surface area contributed by atoms with Crippen molar-refractivity contribution in [2.45, 2.75) is 26.3 Å². The molecule has 2 aromatic heterocycles. The molecule has 5 heteroatoms. The quantitative estimate of drug-likeness (QED) is 0.838. The van der Waals surface area contributed by atoms with Crippen LogP contribution in [-0.4, -0.2) is 21.3 Å². The van der Waals surface area contributed by atoms with E-state index in [9.17, 15) is 0 Å². The number of hydrogen-bond donors (Lipinski definition) is 1. The smallest absolute Gasteiger partial charge is 0.153 e. The van der Waals surface area contributed by atoms with E-state index in [0.29, 0.717) is 6.04 Å². The summed E-state index contributed by atoms with van der Waals surface area (Å²) in [5.74, 6) is 0.851. The number of halogens is 1. The molecule has 2 rings (SSSR count). The third kappa shape index (κ3) is 3.29. The summed E-state index contributed by atoms with van der Waals surface area (Å²) in [5.41, 5.74) is 1.20. The molecule has 2 heterocycles. The first kappa shape index (κ1) is 13.5. The number of nitrogens with one attached hydrogen (secondary N) is 1. The highest BCUT2D eigenvalue weighted by atomic mass is 127. The third-order valence-corrected chi connectivity index (χ3v) is 3.31. The number of hydrogen-bond acceptors (Lipinski definition) is 3. The molecule has 18 heavy (non-hydrogen) atoms. The van der Waals surface area contributed by atoms with Gasteiger partial charge in [0.1, 0.15) is 0 Å². The van der Waals surface area contributed by atoms with E-state index in [1.165, 1.54) is 5.56 Å². The maximum Gasteiger partial charge on any atom is 0.153 e. The molecule has 0 fully saturated rings. The first-order valence-electron chi connectivity index (χ1n) is 6.10. The SMILES string of the molecule is CCCNC(C)c1ccc(-n2cc(I)cn2)nc1. The Bertz CT molecular complexity index is 492. The van der Waals surface area contributed by atoms with Gasteiger partial charge in [0.05, 0.1) is 9.77 Å². The van der Waals surface area contributed by atoms with Gasteiger partial charge in [0.15, 0.2) is 5.82 Å². The second kappa shape index (κ2) is 6.29. The van der Waals surface area contributed by atoms with Crippen LogP contribution in [0.4, 0.5) is 0 Å². The summed E-state index contributed by atoms with van der Waals surface area (Å²) in [6.07, 6.45) is 6.84. The van der Waals surface area contributed by atoms with Gasteiger partial charge in [-0.05, 0) is 54.1 Å². The lowest BCUT2D eigenvalue weighted by atomic mass is 10.1. The zero-order chi connectivity index (χ0) is 13.0. The van der Waals surface area contributed by atoms with E-state index in [1.807, 2.05) is 24.7 Å². The summed E-state index contributed by atoms with van der Waals surface area (Å²) in [6.45, 7) is 5.35. The van der Waals surface area contributed by atoms with Gasteiger partial charge in [-0.2, -0.15) is 5.10 Å². The largest absolute Gasteiger partial charge is 0.310 e. The lowest BCUT2D eigenvalue weighted by Crippen LogP contribution is -2.19. The van der Waals surface area contributed by atoms with Crippen LogP contribution in [0.2, 0.25) is 0 Å². The Morgan fingerprint density at radius 1 is 1.39 bits per heavy atom. The Labute approximate surface area is 121 Å². The molecule has 0 aliphatic carbocycles. The highest BCUT2D eigenvalue weighted by Crippen LogP contribution is 2.13. The summed E-state index contributed by atoms with van der Waals surface area (Å²) >= 11 is 2.24. The molecular weight excluding hydrogens is 339 g/mol. The van der Waals surface area contributed by atoms with Crippen molar-refractivity contribution < 1.29 is 0 Å². The molecule has 0 aliphatic heterocycles. The average Bonchev–Trinajstić information content (AvgIpc) is 2.83. The topological polar surface area (TPSA) is 42.7 Å². The summed E-state index contributed by atoms with van der Waals surface area (Å²) in [4.78, 5) is 4.45. The molecule has 1 atom stereocenters. The molecule has 4 nitrogen and oxygen atoms in total. The van der Waals surface area contributed by atoms with Crippen molar-refractivity contribution in [1.82, 2.24) is 20.1 Å². The molecule has 96 valence electrons. The second-order valence-electron chi connectivity index (χ2n) is 4.23. The van der Waals surface area contributed by atoms with E-state index in [1.54, 1.807) is 4.68 Å². The van der Waals surface area contributed by atoms with Crippen LogP contribution in [-0.2, 0) is 0 Å². The number of nitrogens with zero attached hydrogens (tertiary/aromatic N) is 3. The minimum atomic E-state index is 0.337. The Hall–Kier alpha value is -0.950. The average molecular weight is 356 g/mol. The van der Waals surface area contributed by atoms with Gasteiger partial charge in [-0.1, -0.05) is 13.0 Å². The van der Waals surface area contributed by atoms with E-state index < -0.39 is 0 Å². The molecule has 1 unspecified atom stereocenters. The Balaban J connectivity index is 2.10. The monoisotopic (exact) mass is 356 g/mol. The standard InChI is InChI=1S/C13H17IN4/c1-3-6-15-10(2)11-4-5-13(16-7-11)18-9-12(14)8-17-18/h4-5,7-10,15H,3,6H2,1-2H3. The Morgan fingerprint density at radius 2 is 2.22 bits per heavy atom. The molecule has 0 spiro atoms. The van der Waals surface area contributed by atoms with Gasteiger partial charge >= 0.3 is 0 Å². The van der Waals surface area contributed by atoms with Crippen LogP contribution in [0.1, 0.15) is 31.9 Å². The van der Waals surface area contributed by atoms with Gasteiger partial charge in [-0.25, -0.2) is 9.67 Å². The van der Waals surface area contributed by atoms with Gasteiger partial charge in [0, 0.05) is 18.4 Å².